The Balaban J connectivity index is 1.59. The molecule has 0 spiro atoms. The van der Waals surface area contributed by atoms with Crippen LogP contribution in [0.25, 0.3) is 44.1 Å². The van der Waals surface area contributed by atoms with Crippen LogP contribution < -0.4 is 0 Å². The molecule has 0 radical (unpaired) electrons. The van der Waals surface area contributed by atoms with Gasteiger partial charge in [-0.1, -0.05) is 54.6 Å². The number of aromatic nitrogens is 4. The number of rotatable bonds is 4. The van der Waals surface area contributed by atoms with E-state index >= 15 is 0 Å². The lowest BCUT2D eigenvalue weighted by molar-refractivity contribution is 0.584. The van der Waals surface area contributed by atoms with Crippen molar-refractivity contribution in [3.63, 3.8) is 0 Å². The molecule has 1 atom stereocenters. The van der Waals surface area contributed by atoms with Crippen molar-refractivity contribution < 1.29 is 4.39 Å². The number of nitrogens with one attached hydrogen (secondary N) is 1. The minimum absolute atomic E-state index is 0.0814. The third-order valence-electron chi connectivity index (χ3n) is 6.31. The Bertz CT molecular complexity index is 1580. The van der Waals surface area contributed by atoms with Gasteiger partial charge in [-0.15, -0.1) is 0 Å². The molecule has 0 bridgehead atoms. The Morgan fingerprint density at radius 3 is 2.45 bits per heavy atom. The SMILES string of the molecule is CC(c1ccccc1)n1ncc2c(-c3ccc(F)cc3)c(-c3ccc4[nH]ncc4c3)ccc21. The van der Waals surface area contributed by atoms with Crippen LogP contribution in [0, 0.1) is 5.82 Å². The molecule has 0 aliphatic heterocycles. The third-order valence-corrected chi connectivity index (χ3v) is 6.31. The lowest BCUT2D eigenvalue weighted by Crippen LogP contribution is -2.08. The summed E-state index contributed by atoms with van der Waals surface area (Å²) in [7, 11) is 0. The second-order valence-electron chi connectivity index (χ2n) is 8.28. The number of benzene rings is 4. The highest BCUT2D eigenvalue weighted by Gasteiger charge is 2.18. The van der Waals surface area contributed by atoms with Crippen molar-refractivity contribution >= 4 is 21.8 Å². The van der Waals surface area contributed by atoms with Crippen molar-refractivity contribution in [1.29, 1.82) is 0 Å². The van der Waals surface area contributed by atoms with Crippen LogP contribution in [0.2, 0.25) is 0 Å². The van der Waals surface area contributed by atoms with Crippen LogP contribution in [0.4, 0.5) is 4.39 Å². The molecule has 6 aromatic rings. The fourth-order valence-electron chi connectivity index (χ4n) is 4.58. The minimum atomic E-state index is -0.249. The summed E-state index contributed by atoms with van der Waals surface area (Å²) in [4.78, 5) is 0. The molecule has 1 N–H and O–H groups in total. The van der Waals surface area contributed by atoms with Gasteiger partial charge in [0, 0.05) is 16.3 Å². The van der Waals surface area contributed by atoms with E-state index in [1.807, 2.05) is 48.8 Å². The molecule has 160 valence electrons. The second kappa shape index (κ2) is 7.71. The smallest absolute Gasteiger partial charge is 0.123 e. The molecule has 5 heteroatoms. The largest absolute Gasteiger partial charge is 0.278 e. The lowest BCUT2D eigenvalue weighted by Gasteiger charge is -2.16. The summed E-state index contributed by atoms with van der Waals surface area (Å²) >= 11 is 0. The number of aromatic amines is 1. The molecule has 6 rings (SSSR count). The molecule has 2 aromatic heterocycles. The van der Waals surface area contributed by atoms with Crippen molar-refractivity contribution in [2.45, 2.75) is 13.0 Å². The van der Waals surface area contributed by atoms with Gasteiger partial charge in [0.2, 0.25) is 0 Å². The maximum atomic E-state index is 13.7. The first-order valence-electron chi connectivity index (χ1n) is 10.9. The van der Waals surface area contributed by atoms with Gasteiger partial charge in [0.05, 0.1) is 29.5 Å². The molecule has 1 unspecified atom stereocenters. The number of fused-ring (bicyclic) bond motifs is 2. The number of nitrogens with zero attached hydrogens (tertiary/aromatic N) is 3. The van der Waals surface area contributed by atoms with Gasteiger partial charge < -0.3 is 0 Å². The van der Waals surface area contributed by atoms with E-state index in [1.54, 1.807) is 0 Å². The average molecular weight is 433 g/mol. The maximum Gasteiger partial charge on any atom is 0.123 e. The zero-order valence-electron chi connectivity index (χ0n) is 18.0. The van der Waals surface area contributed by atoms with Gasteiger partial charge >= 0.3 is 0 Å². The fourth-order valence-corrected chi connectivity index (χ4v) is 4.58. The Labute approximate surface area is 190 Å². The zero-order valence-corrected chi connectivity index (χ0v) is 18.0. The second-order valence-corrected chi connectivity index (χ2v) is 8.28. The standard InChI is InChI=1S/C28H21FN4/c1-18(19-5-3-2-4-6-19)33-27-14-12-24(21-9-13-26-22(15-21)16-30-32-26)28(25(27)17-31-33)20-7-10-23(29)11-8-20/h2-18H,1H3,(H,30,32). The maximum absolute atomic E-state index is 13.7. The topological polar surface area (TPSA) is 46.5 Å². The summed E-state index contributed by atoms with van der Waals surface area (Å²) in [5.74, 6) is -0.249. The molecule has 0 amide bonds. The Hall–Kier alpha value is -4.25. The van der Waals surface area contributed by atoms with Crippen molar-refractivity contribution in [1.82, 2.24) is 20.0 Å². The van der Waals surface area contributed by atoms with E-state index in [0.717, 1.165) is 44.1 Å². The average Bonchev–Trinajstić information content (AvgIpc) is 3.51. The summed E-state index contributed by atoms with van der Waals surface area (Å²) < 4.78 is 15.8. The van der Waals surface area contributed by atoms with Crippen LogP contribution in [0.5, 0.6) is 0 Å². The Morgan fingerprint density at radius 2 is 1.64 bits per heavy atom. The summed E-state index contributed by atoms with van der Waals surface area (Å²) in [6.45, 7) is 2.15. The first kappa shape index (κ1) is 19.4. The Morgan fingerprint density at radius 1 is 0.848 bits per heavy atom. The van der Waals surface area contributed by atoms with Crippen molar-refractivity contribution in [3.8, 4) is 22.3 Å². The van der Waals surface area contributed by atoms with E-state index in [-0.39, 0.29) is 11.9 Å². The summed E-state index contributed by atoms with van der Waals surface area (Å²) in [5.41, 5.74) is 7.38. The minimum Gasteiger partial charge on any atom is -0.278 e. The van der Waals surface area contributed by atoms with Crippen LogP contribution in [-0.2, 0) is 0 Å². The van der Waals surface area contributed by atoms with Gasteiger partial charge in [-0.05, 0) is 59.5 Å². The van der Waals surface area contributed by atoms with Crippen LogP contribution in [0.15, 0.2) is 97.3 Å². The van der Waals surface area contributed by atoms with Crippen LogP contribution in [0.3, 0.4) is 0 Å². The van der Waals surface area contributed by atoms with E-state index in [0.29, 0.717) is 0 Å². The summed E-state index contributed by atoms with van der Waals surface area (Å²) in [6, 6.07) is 27.6. The monoisotopic (exact) mass is 432 g/mol. The molecule has 0 saturated heterocycles. The third kappa shape index (κ3) is 3.29. The number of hydrogen-bond donors (Lipinski definition) is 1. The van der Waals surface area contributed by atoms with Gasteiger partial charge in [-0.25, -0.2) is 4.39 Å². The van der Waals surface area contributed by atoms with E-state index in [1.165, 1.54) is 17.7 Å². The van der Waals surface area contributed by atoms with Crippen LogP contribution in [-0.4, -0.2) is 20.0 Å². The van der Waals surface area contributed by atoms with Gasteiger partial charge in [0.25, 0.3) is 0 Å². The first-order valence-corrected chi connectivity index (χ1v) is 10.9. The molecule has 4 aromatic carbocycles. The predicted molar refractivity (Wildman–Crippen MR) is 130 cm³/mol. The molecule has 33 heavy (non-hydrogen) atoms. The number of H-pyrrole nitrogens is 1. The van der Waals surface area contributed by atoms with E-state index in [2.05, 4.69) is 58.2 Å². The van der Waals surface area contributed by atoms with Crippen LogP contribution >= 0.6 is 0 Å². The van der Waals surface area contributed by atoms with Gasteiger partial charge in [-0.2, -0.15) is 10.2 Å². The summed E-state index contributed by atoms with van der Waals surface area (Å²) in [6.07, 6.45) is 3.75. The zero-order chi connectivity index (χ0) is 22.4. The molecular formula is C28H21FN4. The van der Waals surface area contributed by atoms with Crippen molar-refractivity contribution in [2.75, 3.05) is 0 Å². The highest BCUT2D eigenvalue weighted by Crippen LogP contribution is 2.39. The number of hydrogen-bond acceptors (Lipinski definition) is 2. The van der Waals surface area contributed by atoms with Gasteiger partial charge in [0.1, 0.15) is 5.82 Å². The van der Waals surface area contributed by atoms with Crippen molar-refractivity contribution in [2.24, 2.45) is 0 Å². The normalized spacial score (nSPS) is 12.4. The highest BCUT2D eigenvalue weighted by molar-refractivity contribution is 6.03. The van der Waals surface area contributed by atoms with E-state index < -0.39 is 0 Å². The fraction of sp³-hybridized carbons (Fsp3) is 0.0714. The molecule has 0 fully saturated rings. The summed E-state index contributed by atoms with van der Waals surface area (Å²) in [5, 5.41) is 14.0. The van der Waals surface area contributed by atoms with E-state index in [9.17, 15) is 4.39 Å². The van der Waals surface area contributed by atoms with Gasteiger partial charge in [-0.3, -0.25) is 9.78 Å². The molecule has 2 heterocycles. The quantitative estimate of drug-likeness (QED) is 0.326. The Kier molecular flexibility index (Phi) is 4.54. The predicted octanol–water partition coefficient (Wildman–Crippen LogP) is 7.00. The van der Waals surface area contributed by atoms with Crippen LogP contribution in [0.1, 0.15) is 18.5 Å². The van der Waals surface area contributed by atoms with Crippen molar-refractivity contribution in [3.05, 3.63) is 109 Å². The molecule has 0 aliphatic carbocycles. The molecule has 0 aliphatic rings. The van der Waals surface area contributed by atoms with E-state index in [4.69, 9.17) is 5.10 Å². The molecular weight excluding hydrogens is 411 g/mol. The first-order chi connectivity index (χ1) is 16.2. The number of halogens is 1. The molecule has 0 saturated carbocycles. The lowest BCUT2D eigenvalue weighted by atomic mass is 9.91. The molecule has 4 nitrogen and oxygen atoms in total. The highest BCUT2D eigenvalue weighted by atomic mass is 19.1. The van der Waals surface area contributed by atoms with Gasteiger partial charge in [0.15, 0.2) is 0 Å².